The molecular formula is C15H22N4O2. The molecule has 1 N–H and O–H groups in total. The van der Waals surface area contributed by atoms with Crippen molar-refractivity contribution in [2.75, 3.05) is 50.8 Å². The SMILES string of the molecule is CCOC(=O)c1cccnc1N1CC(N2CCNCC2)C1. The summed E-state index contributed by atoms with van der Waals surface area (Å²) in [5, 5.41) is 3.37. The van der Waals surface area contributed by atoms with Crippen LogP contribution in [-0.4, -0.2) is 67.8 Å². The summed E-state index contributed by atoms with van der Waals surface area (Å²) in [6, 6.07) is 4.14. The van der Waals surface area contributed by atoms with Crippen molar-refractivity contribution < 1.29 is 9.53 Å². The average molecular weight is 290 g/mol. The molecule has 6 nitrogen and oxygen atoms in total. The lowest BCUT2D eigenvalue weighted by Crippen LogP contribution is -2.63. The molecule has 3 heterocycles. The lowest BCUT2D eigenvalue weighted by atomic mass is 10.0. The van der Waals surface area contributed by atoms with E-state index in [9.17, 15) is 4.79 Å². The highest BCUT2D eigenvalue weighted by molar-refractivity contribution is 5.94. The van der Waals surface area contributed by atoms with Gasteiger partial charge in [-0.2, -0.15) is 0 Å². The summed E-state index contributed by atoms with van der Waals surface area (Å²) in [7, 11) is 0. The molecule has 0 amide bonds. The van der Waals surface area contributed by atoms with E-state index >= 15 is 0 Å². The number of hydrogen-bond acceptors (Lipinski definition) is 6. The molecule has 0 saturated carbocycles. The molecule has 21 heavy (non-hydrogen) atoms. The molecule has 3 rings (SSSR count). The molecule has 2 saturated heterocycles. The molecule has 114 valence electrons. The maximum atomic E-state index is 12.0. The molecule has 0 aliphatic carbocycles. The molecule has 2 aliphatic rings. The van der Waals surface area contributed by atoms with Crippen LogP contribution in [0.4, 0.5) is 5.82 Å². The molecule has 0 radical (unpaired) electrons. The lowest BCUT2D eigenvalue weighted by Gasteiger charge is -2.47. The van der Waals surface area contributed by atoms with Gasteiger partial charge < -0.3 is 15.0 Å². The zero-order chi connectivity index (χ0) is 14.7. The molecule has 1 aromatic heterocycles. The minimum absolute atomic E-state index is 0.286. The summed E-state index contributed by atoms with van der Waals surface area (Å²) in [6.07, 6.45) is 1.73. The number of esters is 1. The van der Waals surface area contributed by atoms with Crippen LogP contribution in [-0.2, 0) is 4.74 Å². The molecule has 0 spiro atoms. The van der Waals surface area contributed by atoms with Gasteiger partial charge in [0.1, 0.15) is 11.4 Å². The molecule has 6 heteroatoms. The van der Waals surface area contributed by atoms with Crippen LogP contribution in [0.1, 0.15) is 17.3 Å². The van der Waals surface area contributed by atoms with Crippen molar-refractivity contribution >= 4 is 11.8 Å². The smallest absolute Gasteiger partial charge is 0.341 e. The second-order valence-corrected chi connectivity index (χ2v) is 5.44. The predicted octanol–water partition coefficient (Wildman–Crippen LogP) is 0.352. The largest absolute Gasteiger partial charge is 0.462 e. The van der Waals surface area contributed by atoms with Gasteiger partial charge in [-0.25, -0.2) is 9.78 Å². The first-order valence-corrected chi connectivity index (χ1v) is 7.61. The number of aromatic nitrogens is 1. The number of piperazine rings is 1. The maximum absolute atomic E-state index is 12.0. The summed E-state index contributed by atoms with van der Waals surface area (Å²) >= 11 is 0. The van der Waals surface area contributed by atoms with E-state index in [0.29, 0.717) is 18.2 Å². The number of ether oxygens (including phenoxy) is 1. The highest BCUT2D eigenvalue weighted by atomic mass is 16.5. The fraction of sp³-hybridized carbons (Fsp3) is 0.600. The van der Waals surface area contributed by atoms with E-state index in [1.54, 1.807) is 18.3 Å². The number of anilines is 1. The summed E-state index contributed by atoms with van der Waals surface area (Å²) in [5.41, 5.74) is 0.568. The van der Waals surface area contributed by atoms with Crippen molar-refractivity contribution in [3.63, 3.8) is 0 Å². The summed E-state index contributed by atoms with van der Waals surface area (Å²) < 4.78 is 5.11. The van der Waals surface area contributed by atoms with Crippen molar-refractivity contribution in [2.24, 2.45) is 0 Å². The van der Waals surface area contributed by atoms with Gasteiger partial charge in [0.15, 0.2) is 0 Å². The number of rotatable bonds is 4. The topological polar surface area (TPSA) is 57.7 Å². The Morgan fingerprint density at radius 1 is 1.43 bits per heavy atom. The van der Waals surface area contributed by atoms with Gasteiger partial charge in [-0.05, 0) is 19.1 Å². The van der Waals surface area contributed by atoms with E-state index in [-0.39, 0.29) is 5.97 Å². The number of nitrogens with zero attached hydrogens (tertiary/aromatic N) is 3. The first-order chi connectivity index (χ1) is 10.3. The van der Waals surface area contributed by atoms with Crippen LogP contribution in [0.5, 0.6) is 0 Å². The van der Waals surface area contributed by atoms with E-state index in [1.165, 1.54) is 0 Å². The second kappa shape index (κ2) is 6.41. The number of pyridine rings is 1. The lowest BCUT2D eigenvalue weighted by molar-refractivity contribution is 0.0525. The van der Waals surface area contributed by atoms with Gasteiger partial charge in [0.25, 0.3) is 0 Å². The van der Waals surface area contributed by atoms with Crippen LogP contribution in [0, 0.1) is 0 Å². The molecule has 0 bridgehead atoms. The predicted molar refractivity (Wildman–Crippen MR) is 80.6 cm³/mol. The Kier molecular flexibility index (Phi) is 4.36. The fourth-order valence-electron chi connectivity index (χ4n) is 2.92. The summed E-state index contributed by atoms with van der Waals surface area (Å²) in [5.74, 6) is 0.466. The zero-order valence-electron chi connectivity index (χ0n) is 12.4. The first-order valence-electron chi connectivity index (χ1n) is 7.61. The van der Waals surface area contributed by atoms with E-state index in [1.807, 2.05) is 6.92 Å². The Labute approximate surface area is 125 Å². The van der Waals surface area contributed by atoms with E-state index in [0.717, 1.165) is 45.1 Å². The molecule has 1 aromatic rings. The minimum atomic E-state index is -0.286. The van der Waals surface area contributed by atoms with Gasteiger partial charge in [0.2, 0.25) is 0 Å². The van der Waals surface area contributed by atoms with Gasteiger partial charge in [-0.15, -0.1) is 0 Å². The maximum Gasteiger partial charge on any atom is 0.341 e. The number of carbonyl (C=O) groups is 1. The van der Waals surface area contributed by atoms with Crippen molar-refractivity contribution in [2.45, 2.75) is 13.0 Å². The van der Waals surface area contributed by atoms with Gasteiger partial charge in [-0.3, -0.25) is 4.90 Å². The fourth-order valence-corrected chi connectivity index (χ4v) is 2.92. The van der Waals surface area contributed by atoms with Crippen molar-refractivity contribution in [1.29, 1.82) is 0 Å². The summed E-state index contributed by atoms with van der Waals surface area (Å²) in [4.78, 5) is 21.0. The van der Waals surface area contributed by atoms with Gasteiger partial charge in [-0.1, -0.05) is 0 Å². The number of hydrogen-bond donors (Lipinski definition) is 1. The molecule has 2 fully saturated rings. The molecule has 0 aromatic carbocycles. The first kappa shape index (κ1) is 14.3. The van der Waals surface area contributed by atoms with Crippen LogP contribution in [0.25, 0.3) is 0 Å². The van der Waals surface area contributed by atoms with Gasteiger partial charge >= 0.3 is 5.97 Å². The third kappa shape index (κ3) is 3.01. The molecule has 2 aliphatic heterocycles. The highest BCUT2D eigenvalue weighted by Gasteiger charge is 2.34. The zero-order valence-corrected chi connectivity index (χ0v) is 12.4. The molecule has 0 unspecified atom stereocenters. The second-order valence-electron chi connectivity index (χ2n) is 5.44. The van der Waals surface area contributed by atoms with E-state index in [4.69, 9.17) is 4.74 Å². The number of nitrogens with one attached hydrogen (secondary N) is 1. The Morgan fingerprint density at radius 2 is 2.19 bits per heavy atom. The quantitative estimate of drug-likeness (QED) is 0.808. The highest BCUT2D eigenvalue weighted by Crippen LogP contribution is 2.25. The third-order valence-corrected chi connectivity index (χ3v) is 4.11. The van der Waals surface area contributed by atoms with Crippen molar-refractivity contribution in [1.82, 2.24) is 15.2 Å². The Balaban J connectivity index is 1.65. The van der Waals surface area contributed by atoms with E-state index in [2.05, 4.69) is 20.1 Å². The van der Waals surface area contributed by atoms with Crippen LogP contribution in [0.3, 0.4) is 0 Å². The average Bonchev–Trinajstić information content (AvgIpc) is 2.48. The summed E-state index contributed by atoms with van der Waals surface area (Å²) in [6.45, 7) is 8.40. The Hall–Kier alpha value is -1.66. The monoisotopic (exact) mass is 290 g/mol. The Morgan fingerprint density at radius 3 is 2.90 bits per heavy atom. The standard InChI is InChI=1S/C15H22N4O2/c1-2-21-15(20)13-4-3-5-17-14(13)19-10-12(11-19)18-8-6-16-7-9-18/h3-5,12,16H,2,6-11H2,1H3. The van der Waals surface area contributed by atoms with Crippen LogP contribution < -0.4 is 10.2 Å². The minimum Gasteiger partial charge on any atom is -0.462 e. The van der Waals surface area contributed by atoms with Crippen LogP contribution >= 0.6 is 0 Å². The molecule has 0 atom stereocenters. The van der Waals surface area contributed by atoms with Crippen LogP contribution in [0.2, 0.25) is 0 Å². The van der Waals surface area contributed by atoms with Crippen LogP contribution in [0.15, 0.2) is 18.3 Å². The normalized spacial score (nSPS) is 20.1. The number of carbonyl (C=O) groups excluding carboxylic acids is 1. The molecular weight excluding hydrogens is 268 g/mol. The van der Waals surface area contributed by atoms with Crippen molar-refractivity contribution in [3.05, 3.63) is 23.9 Å². The Bertz CT molecular complexity index is 496. The van der Waals surface area contributed by atoms with Gasteiger partial charge in [0.05, 0.1) is 6.61 Å². The van der Waals surface area contributed by atoms with E-state index < -0.39 is 0 Å². The van der Waals surface area contributed by atoms with Gasteiger partial charge in [0, 0.05) is 51.5 Å². The van der Waals surface area contributed by atoms with Crippen molar-refractivity contribution in [3.8, 4) is 0 Å². The third-order valence-electron chi connectivity index (χ3n) is 4.11.